The Labute approximate surface area is 118 Å². The molecule has 1 aliphatic heterocycles. The molecule has 1 N–H and O–H groups in total. The van der Waals surface area contributed by atoms with Gasteiger partial charge in [0, 0.05) is 31.2 Å². The normalized spacial score (nSPS) is 41.8. The van der Waals surface area contributed by atoms with Crippen LogP contribution < -0.4 is 5.32 Å². The van der Waals surface area contributed by atoms with Crippen LogP contribution in [0.3, 0.4) is 0 Å². The highest BCUT2D eigenvalue weighted by molar-refractivity contribution is 5.07. The SMILES string of the molecule is CC1(C2CC2)CNC(C2CC2)CN1CC1CCCC1. The van der Waals surface area contributed by atoms with Crippen molar-refractivity contribution in [2.45, 2.75) is 69.9 Å². The van der Waals surface area contributed by atoms with E-state index in [2.05, 4.69) is 17.1 Å². The second-order valence-electron chi connectivity index (χ2n) is 8.01. The van der Waals surface area contributed by atoms with Crippen LogP contribution in [-0.2, 0) is 0 Å². The molecular formula is C17H30N2. The first-order valence-corrected chi connectivity index (χ1v) is 8.74. The average Bonchev–Trinajstić information content (AvgIpc) is 3.31. The van der Waals surface area contributed by atoms with Crippen molar-refractivity contribution in [3.05, 3.63) is 0 Å². The molecule has 0 aromatic rings. The lowest BCUT2D eigenvalue weighted by molar-refractivity contribution is 0.0183. The molecule has 1 saturated heterocycles. The van der Waals surface area contributed by atoms with Gasteiger partial charge < -0.3 is 5.32 Å². The quantitative estimate of drug-likeness (QED) is 0.838. The van der Waals surface area contributed by atoms with Gasteiger partial charge in [0.1, 0.15) is 0 Å². The summed E-state index contributed by atoms with van der Waals surface area (Å²) < 4.78 is 0. The summed E-state index contributed by atoms with van der Waals surface area (Å²) in [5, 5.41) is 3.91. The van der Waals surface area contributed by atoms with E-state index in [0.29, 0.717) is 5.54 Å². The van der Waals surface area contributed by atoms with Gasteiger partial charge in [-0.05, 0) is 63.2 Å². The van der Waals surface area contributed by atoms with Gasteiger partial charge in [0.2, 0.25) is 0 Å². The lowest BCUT2D eigenvalue weighted by atomic mass is 9.87. The molecule has 0 aromatic carbocycles. The zero-order chi connectivity index (χ0) is 12.9. The fourth-order valence-electron chi connectivity index (χ4n) is 4.67. The first-order valence-electron chi connectivity index (χ1n) is 8.74. The number of nitrogens with zero attached hydrogens (tertiary/aromatic N) is 1. The molecule has 4 aliphatic rings. The second kappa shape index (κ2) is 4.73. The van der Waals surface area contributed by atoms with Gasteiger partial charge in [-0.3, -0.25) is 4.90 Å². The van der Waals surface area contributed by atoms with Crippen molar-refractivity contribution in [1.29, 1.82) is 0 Å². The van der Waals surface area contributed by atoms with E-state index >= 15 is 0 Å². The Morgan fingerprint density at radius 1 is 1.05 bits per heavy atom. The molecule has 0 spiro atoms. The molecule has 2 nitrogen and oxygen atoms in total. The van der Waals surface area contributed by atoms with E-state index in [0.717, 1.165) is 23.8 Å². The van der Waals surface area contributed by atoms with E-state index in [-0.39, 0.29) is 0 Å². The minimum absolute atomic E-state index is 0.480. The van der Waals surface area contributed by atoms with Crippen molar-refractivity contribution in [3.63, 3.8) is 0 Å². The zero-order valence-corrected chi connectivity index (χ0v) is 12.5. The topological polar surface area (TPSA) is 15.3 Å². The van der Waals surface area contributed by atoms with Crippen molar-refractivity contribution < 1.29 is 0 Å². The molecule has 0 amide bonds. The molecule has 4 rings (SSSR count). The predicted molar refractivity (Wildman–Crippen MR) is 79.2 cm³/mol. The fourth-order valence-corrected chi connectivity index (χ4v) is 4.67. The van der Waals surface area contributed by atoms with E-state index in [1.807, 2.05) is 0 Å². The minimum Gasteiger partial charge on any atom is -0.311 e. The molecular weight excluding hydrogens is 232 g/mol. The Bertz CT molecular complexity index is 326. The van der Waals surface area contributed by atoms with E-state index < -0.39 is 0 Å². The van der Waals surface area contributed by atoms with Gasteiger partial charge >= 0.3 is 0 Å². The largest absolute Gasteiger partial charge is 0.311 e. The number of nitrogens with one attached hydrogen (secondary N) is 1. The van der Waals surface area contributed by atoms with Gasteiger partial charge in [-0.15, -0.1) is 0 Å². The highest BCUT2D eigenvalue weighted by atomic mass is 15.3. The van der Waals surface area contributed by atoms with Crippen LogP contribution in [0.2, 0.25) is 0 Å². The maximum atomic E-state index is 3.91. The summed E-state index contributed by atoms with van der Waals surface area (Å²) in [7, 11) is 0. The van der Waals surface area contributed by atoms with Crippen molar-refractivity contribution >= 4 is 0 Å². The molecule has 0 aromatic heterocycles. The van der Waals surface area contributed by atoms with Crippen molar-refractivity contribution in [3.8, 4) is 0 Å². The maximum Gasteiger partial charge on any atom is 0.0334 e. The molecule has 2 heteroatoms. The third-order valence-corrected chi connectivity index (χ3v) is 6.46. The standard InChI is InChI=1S/C17H30N2/c1-17(15-8-9-15)12-18-16(14-6-7-14)11-19(17)10-13-4-2-3-5-13/h13-16,18H,2-12H2,1H3. The molecule has 0 bridgehead atoms. The van der Waals surface area contributed by atoms with Crippen LogP contribution in [0.15, 0.2) is 0 Å². The summed E-state index contributed by atoms with van der Waals surface area (Å²) in [5.41, 5.74) is 0.480. The van der Waals surface area contributed by atoms with Crippen LogP contribution in [0.1, 0.15) is 58.3 Å². The predicted octanol–water partition coefficient (Wildman–Crippen LogP) is 3.03. The summed E-state index contributed by atoms with van der Waals surface area (Å²) in [4.78, 5) is 2.93. The van der Waals surface area contributed by atoms with Gasteiger partial charge in [0.25, 0.3) is 0 Å². The van der Waals surface area contributed by atoms with Gasteiger partial charge in [-0.25, -0.2) is 0 Å². The van der Waals surface area contributed by atoms with Crippen LogP contribution in [0.25, 0.3) is 0 Å². The van der Waals surface area contributed by atoms with Crippen LogP contribution in [0.4, 0.5) is 0 Å². The summed E-state index contributed by atoms with van der Waals surface area (Å²) in [6.45, 7) is 6.55. The number of piperazine rings is 1. The molecule has 2 atom stereocenters. The van der Waals surface area contributed by atoms with Crippen molar-refractivity contribution in [1.82, 2.24) is 10.2 Å². The smallest absolute Gasteiger partial charge is 0.0334 e. The molecule has 19 heavy (non-hydrogen) atoms. The molecule has 108 valence electrons. The van der Waals surface area contributed by atoms with E-state index in [1.165, 1.54) is 71.0 Å². The summed E-state index contributed by atoms with van der Waals surface area (Å²) in [6.07, 6.45) is 11.9. The van der Waals surface area contributed by atoms with Crippen LogP contribution >= 0.6 is 0 Å². The van der Waals surface area contributed by atoms with Crippen LogP contribution in [0.5, 0.6) is 0 Å². The Morgan fingerprint density at radius 3 is 2.42 bits per heavy atom. The van der Waals surface area contributed by atoms with E-state index in [4.69, 9.17) is 0 Å². The fraction of sp³-hybridized carbons (Fsp3) is 1.00. The minimum atomic E-state index is 0.480. The first kappa shape index (κ1) is 12.6. The average molecular weight is 262 g/mol. The molecule has 0 radical (unpaired) electrons. The third-order valence-electron chi connectivity index (χ3n) is 6.46. The highest BCUT2D eigenvalue weighted by Crippen LogP contribution is 2.46. The molecule has 4 fully saturated rings. The Hall–Kier alpha value is -0.0800. The lowest BCUT2D eigenvalue weighted by Gasteiger charge is -2.50. The maximum absolute atomic E-state index is 3.91. The van der Waals surface area contributed by atoms with Crippen molar-refractivity contribution in [2.75, 3.05) is 19.6 Å². The Kier molecular flexibility index (Phi) is 3.15. The summed E-state index contributed by atoms with van der Waals surface area (Å²) in [5.74, 6) is 3.01. The second-order valence-corrected chi connectivity index (χ2v) is 8.01. The zero-order valence-electron chi connectivity index (χ0n) is 12.5. The number of hydrogen-bond acceptors (Lipinski definition) is 2. The molecule has 3 aliphatic carbocycles. The van der Waals surface area contributed by atoms with Gasteiger partial charge in [0.15, 0.2) is 0 Å². The Balaban J connectivity index is 1.46. The lowest BCUT2D eigenvalue weighted by Crippen LogP contribution is -2.65. The van der Waals surface area contributed by atoms with Gasteiger partial charge in [0.05, 0.1) is 0 Å². The van der Waals surface area contributed by atoms with Crippen LogP contribution in [-0.4, -0.2) is 36.1 Å². The van der Waals surface area contributed by atoms with Gasteiger partial charge in [-0.1, -0.05) is 12.8 Å². The van der Waals surface area contributed by atoms with Gasteiger partial charge in [-0.2, -0.15) is 0 Å². The van der Waals surface area contributed by atoms with E-state index in [1.54, 1.807) is 0 Å². The summed E-state index contributed by atoms with van der Waals surface area (Å²) >= 11 is 0. The van der Waals surface area contributed by atoms with Crippen LogP contribution in [0, 0.1) is 17.8 Å². The number of hydrogen-bond donors (Lipinski definition) is 1. The third kappa shape index (κ3) is 2.47. The summed E-state index contributed by atoms with van der Waals surface area (Å²) in [6, 6.07) is 0.813. The highest BCUT2D eigenvalue weighted by Gasteiger charge is 2.50. The molecule has 3 saturated carbocycles. The van der Waals surface area contributed by atoms with Crippen molar-refractivity contribution in [2.24, 2.45) is 17.8 Å². The molecule has 1 heterocycles. The Morgan fingerprint density at radius 2 is 1.79 bits per heavy atom. The van der Waals surface area contributed by atoms with E-state index in [9.17, 15) is 0 Å². The first-order chi connectivity index (χ1) is 9.25. The monoisotopic (exact) mass is 262 g/mol. The number of rotatable bonds is 4. The molecule has 2 unspecified atom stereocenters.